The van der Waals surface area contributed by atoms with Crippen molar-refractivity contribution in [3.05, 3.63) is 65.5 Å². The van der Waals surface area contributed by atoms with Gasteiger partial charge >= 0.3 is 6.03 Å². The molecule has 0 bridgehead atoms. The van der Waals surface area contributed by atoms with Crippen LogP contribution in [-0.4, -0.2) is 50.4 Å². The number of aromatic nitrogens is 3. The highest BCUT2D eigenvalue weighted by Gasteiger charge is 2.27. The van der Waals surface area contributed by atoms with E-state index in [2.05, 4.69) is 15.5 Å². The Bertz CT molecular complexity index is 1080. The average Bonchev–Trinajstić information content (AvgIpc) is 3.34. The van der Waals surface area contributed by atoms with Crippen LogP contribution in [0.2, 0.25) is 0 Å². The van der Waals surface area contributed by atoms with Crippen LogP contribution in [0.15, 0.2) is 53.7 Å². The molecule has 0 atom stereocenters. The number of nitrogens with one attached hydrogen (secondary N) is 1. The molecule has 0 aliphatic carbocycles. The predicted octanol–water partition coefficient (Wildman–Crippen LogP) is 3.50. The molecule has 32 heavy (non-hydrogen) atoms. The van der Waals surface area contributed by atoms with Gasteiger partial charge in [-0.3, -0.25) is 14.3 Å². The third-order valence-corrected chi connectivity index (χ3v) is 6.18. The number of para-hydroxylation sites is 2. The van der Waals surface area contributed by atoms with Crippen LogP contribution in [0, 0.1) is 13.8 Å². The number of nitrogens with zero attached hydrogens (tertiary/aromatic N) is 4. The Balaban J connectivity index is 1.47. The summed E-state index contributed by atoms with van der Waals surface area (Å²) in [7, 11) is 0. The van der Waals surface area contributed by atoms with Crippen molar-refractivity contribution in [1.82, 2.24) is 25.0 Å². The molecular formula is C23H25N5O3S. The average molecular weight is 452 g/mol. The number of amides is 3. The lowest BCUT2D eigenvalue weighted by atomic mass is 10.1. The van der Waals surface area contributed by atoms with Crippen molar-refractivity contribution < 1.29 is 14.3 Å². The van der Waals surface area contributed by atoms with Crippen molar-refractivity contribution in [2.75, 3.05) is 18.8 Å². The molecule has 0 unspecified atom stereocenters. The Labute approximate surface area is 191 Å². The molecule has 1 aliphatic rings. The van der Waals surface area contributed by atoms with Crippen LogP contribution in [0.3, 0.4) is 0 Å². The maximum atomic E-state index is 11.7. The summed E-state index contributed by atoms with van der Waals surface area (Å²) >= 11 is 1.54. The molecule has 3 amide bonds. The number of imide groups is 1. The minimum absolute atomic E-state index is 0.0814. The van der Waals surface area contributed by atoms with Gasteiger partial charge in [-0.1, -0.05) is 48.2 Å². The molecule has 0 radical (unpaired) electrons. The van der Waals surface area contributed by atoms with Gasteiger partial charge in [-0.05, 0) is 43.5 Å². The van der Waals surface area contributed by atoms with Crippen LogP contribution >= 0.6 is 11.8 Å². The zero-order valence-electron chi connectivity index (χ0n) is 18.1. The van der Waals surface area contributed by atoms with E-state index in [1.54, 1.807) is 11.8 Å². The fourth-order valence-corrected chi connectivity index (χ4v) is 4.45. The summed E-state index contributed by atoms with van der Waals surface area (Å²) in [6.45, 7) is 4.81. The quantitative estimate of drug-likeness (QED) is 0.304. The van der Waals surface area contributed by atoms with Crippen molar-refractivity contribution in [1.29, 1.82) is 0 Å². The number of urea groups is 1. The highest BCUT2D eigenvalue weighted by molar-refractivity contribution is 7.99. The molecule has 0 saturated carbocycles. The second-order valence-electron chi connectivity index (χ2n) is 7.49. The minimum atomic E-state index is -0.321. The van der Waals surface area contributed by atoms with E-state index in [4.69, 9.17) is 4.74 Å². The summed E-state index contributed by atoms with van der Waals surface area (Å²) in [6.07, 6.45) is 0.666. The maximum Gasteiger partial charge on any atom is 0.324 e. The van der Waals surface area contributed by atoms with Gasteiger partial charge in [0.15, 0.2) is 11.0 Å². The second-order valence-corrected chi connectivity index (χ2v) is 8.55. The van der Waals surface area contributed by atoms with Gasteiger partial charge in [-0.15, -0.1) is 10.2 Å². The van der Waals surface area contributed by atoms with Gasteiger partial charge in [0.25, 0.3) is 0 Å². The zero-order chi connectivity index (χ0) is 22.5. The maximum absolute atomic E-state index is 11.7. The normalized spacial score (nSPS) is 13.5. The van der Waals surface area contributed by atoms with Crippen LogP contribution in [0.25, 0.3) is 5.69 Å². The third-order valence-electron chi connectivity index (χ3n) is 5.16. The Morgan fingerprint density at radius 3 is 2.47 bits per heavy atom. The molecule has 1 N–H and O–H groups in total. The Kier molecular flexibility index (Phi) is 6.75. The smallest absolute Gasteiger partial charge is 0.324 e. The summed E-state index contributed by atoms with van der Waals surface area (Å²) in [6, 6.07) is 15.7. The van der Waals surface area contributed by atoms with Gasteiger partial charge in [0, 0.05) is 18.0 Å². The molecule has 166 valence electrons. The van der Waals surface area contributed by atoms with Crippen molar-refractivity contribution in [3.8, 4) is 11.4 Å². The second kappa shape index (κ2) is 9.86. The van der Waals surface area contributed by atoms with E-state index in [1.165, 1.54) is 4.90 Å². The Morgan fingerprint density at radius 1 is 1.03 bits per heavy atom. The highest BCUT2D eigenvalue weighted by Crippen LogP contribution is 2.26. The molecule has 2 heterocycles. The van der Waals surface area contributed by atoms with Gasteiger partial charge in [-0.2, -0.15) is 0 Å². The van der Waals surface area contributed by atoms with E-state index in [0.717, 1.165) is 27.7 Å². The van der Waals surface area contributed by atoms with Gasteiger partial charge in [-0.25, -0.2) is 4.79 Å². The van der Waals surface area contributed by atoms with E-state index < -0.39 is 0 Å². The summed E-state index contributed by atoms with van der Waals surface area (Å²) in [4.78, 5) is 24.7. The van der Waals surface area contributed by atoms with E-state index >= 15 is 0 Å². The number of benzene rings is 2. The topological polar surface area (TPSA) is 89.4 Å². The molecule has 8 nitrogen and oxygen atoms in total. The van der Waals surface area contributed by atoms with Crippen LogP contribution in [0.5, 0.6) is 5.75 Å². The molecule has 1 saturated heterocycles. The van der Waals surface area contributed by atoms with Crippen molar-refractivity contribution >= 4 is 23.7 Å². The summed E-state index contributed by atoms with van der Waals surface area (Å²) < 4.78 is 8.12. The van der Waals surface area contributed by atoms with Gasteiger partial charge < -0.3 is 10.1 Å². The van der Waals surface area contributed by atoms with Gasteiger partial charge in [0.2, 0.25) is 5.91 Å². The molecule has 1 fully saturated rings. The molecule has 4 rings (SSSR count). The number of hydrogen-bond acceptors (Lipinski definition) is 6. The first-order valence-electron chi connectivity index (χ1n) is 10.4. The SMILES string of the molecule is Cc1cccc(C)c1OCc1nnc(SCCCN2C(=O)CNC2=O)n1-c1ccccc1. The van der Waals surface area contributed by atoms with E-state index in [1.807, 2.05) is 66.9 Å². The number of carbonyl (C=O) groups excluding carboxylic acids is 2. The summed E-state index contributed by atoms with van der Waals surface area (Å²) in [5.74, 6) is 2.08. The fraction of sp³-hybridized carbons (Fsp3) is 0.304. The van der Waals surface area contributed by atoms with Crippen molar-refractivity contribution in [2.24, 2.45) is 0 Å². The standard InChI is InChI=1S/C23H25N5O3S/c1-16-8-6-9-17(2)21(16)31-15-19-25-26-23(28(19)18-10-4-3-5-11-18)32-13-7-12-27-20(29)14-24-22(27)30/h3-6,8-11H,7,12-15H2,1-2H3,(H,24,30). The van der Waals surface area contributed by atoms with Crippen LogP contribution < -0.4 is 10.1 Å². The summed E-state index contributed by atoms with van der Waals surface area (Å²) in [5, 5.41) is 12.1. The first-order valence-corrected chi connectivity index (χ1v) is 11.4. The molecule has 9 heteroatoms. The highest BCUT2D eigenvalue weighted by atomic mass is 32.2. The molecule has 1 aromatic heterocycles. The van der Waals surface area contributed by atoms with Crippen LogP contribution in [0.4, 0.5) is 4.79 Å². The monoisotopic (exact) mass is 451 g/mol. The Hall–Kier alpha value is -3.33. The van der Waals surface area contributed by atoms with Crippen LogP contribution in [0.1, 0.15) is 23.4 Å². The number of aryl methyl sites for hydroxylation is 2. The lowest BCUT2D eigenvalue weighted by Crippen LogP contribution is -2.32. The zero-order valence-corrected chi connectivity index (χ0v) is 18.9. The molecule has 1 aliphatic heterocycles. The van der Waals surface area contributed by atoms with Crippen molar-refractivity contribution in [3.63, 3.8) is 0 Å². The predicted molar refractivity (Wildman–Crippen MR) is 122 cm³/mol. The number of carbonyl (C=O) groups is 2. The first-order chi connectivity index (χ1) is 15.5. The number of hydrogen-bond donors (Lipinski definition) is 1. The lowest BCUT2D eigenvalue weighted by molar-refractivity contribution is -0.124. The van der Waals surface area contributed by atoms with Crippen LogP contribution in [-0.2, 0) is 11.4 Å². The summed E-state index contributed by atoms with van der Waals surface area (Å²) in [5.41, 5.74) is 3.10. The van der Waals surface area contributed by atoms with E-state index in [-0.39, 0.29) is 25.1 Å². The fourth-order valence-electron chi connectivity index (χ4n) is 3.55. The Morgan fingerprint density at radius 2 is 1.78 bits per heavy atom. The first kappa shape index (κ1) is 21.9. The van der Waals surface area contributed by atoms with Crippen molar-refractivity contribution in [2.45, 2.75) is 32.0 Å². The lowest BCUT2D eigenvalue weighted by Gasteiger charge is -2.14. The number of thioether (sulfide) groups is 1. The van der Waals surface area contributed by atoms with Gasteiger partial charge in [0.1, 0.15) is 12.4 Å². The number of ether oxygens (including phenoxy) is 1. The molecule has 0 spiro atoms. The van der Waals surface area contributed by atoms with E-state index in [9.17, 15) is 9.59 Å². The number of rotatable bonds is 9. The van der Waals surface area contributed by atoms with Gasteiger partial charge in [0.05, 0.1) is 6.54 Å². The van der Waals surface area contributed by atoms with E-state index in [0.29, 0.717) is 24.5 Å². The molecule has 2 aromatic carbocycles. The third kappa shape index (κ3) is 4.77. The molecule has 3 aromatic rings. The largest absolute Gasteiger partial charge is 0.485 e. The molecular weight excluding hydrogens is 426 g/mol. The minimum Gasteiger partial charge on any atom is -0.485 e.